The number of carbonyl (C=O) groups is 1. The van der Waals surface area contributed by atoms with E-state index in [4.69, 9.17) is 4.52 Å². The van der Waals surface area contributed by atoms with Gasteiger partial charge in [-0.25, -0.2) is 4.98 Å². The van der Waals surface area contributed by atoms with Crippen LogP contribution < -0.4 is 10.6 Å². The Morgan fingerprint density at radius 1 is 1.25 bits per heavy atom. The molecule has 1 aromatic carbocycles. The first kappa shape index (κ1) is 21.5. The van der Waals surface area contributed by atoms with Crippen LogP contribution in [0.3, 0.4) is 0 Å². The number of carbonyl (C=O) groups excluding carboxylic acids is 1. The van der Waals surface area contributed by atoms with Crippen molar-refractivity contribution >= 4 is 23.5 Å². The Bertz CT molecular complexity index is 1140. The summed E-state index contributed by atoms with van der Waals surface area (Å²) in [7, 11) is 0. The number of benzene rings is 1. The number of nitrogens with one attached hydrogen (secondary N) is 2. The van der Waals surface area contributed by atoms with Gasteiger partial charge in [0.15, 0.2) is 5.82 Å². The molecule has 2 aromatic heterocycles. The molecule has 32 heavy (non-hydrogen) atoms. The highest BCUT2D eigenvalue weighted by atomic mass is 19.4. The van der Waals surface area contributed by atoms with E-state index in [1.807, 2.05) is 30.3 Å². The van der Waals surface area contributed by atoms with Gasteiger partial charge < -0.3 is 15.2 Å². The van der Waals surface area contributed by atoms with Crippen molar-refractivity contribution in [2.24, 2.45) is 0 Å². The van der Waals surface area contributed by atoms with Gasteiger partial charge in [0.05, 0.1) is 5.56 Å². The van der Waals surface area contributed by atoms with E-state index in [9.17, 15) is 18.0 Å². The molecule has 0 radical (unpaired) electrons. The Morgan fingerprint density at radius 3 is 2.78 bits per heavy atom. The van der Waals surface area contributed by atoms with Gasteiger partial charge in [-0.15, -0.1) is 0 Å². The summed E-state index contributed by atoms with van der Waals surface area (Å²) in [5, 5.41) is 9.54. The summed E-state index contributed by atoms with van der Waals surface area (Å²) >= 11 is 0. The summed E-state index contributed by atoms with van der Waals surface area (Å²) in [6, 6.07) is 9.76. The molecule has 0 saturated heterocycles. The molecule has 7 nitrogen and oxygen atoms in total. The van der Waals surface area contributed by atoms with Crippen LogP contribution in [-0.2, 0) is 6.18 Å². The molecule has 0 aliphatic heterocycles. The molecular formula is C22H20F3N5O2. The number of halogens is 3. The number of anilines is 2. The lowest BCUT2D eigenvalue weighted by Gasteiger charge is -2.10. The van der Waals surface area contributed by atoms with Gasteiger partial charge in [-0.2, -0.15) is 18.2 Å². The highest BCUT2D eigenvalue weighted by Gasteiger charge is 2.30. The maximum Gasteiger partial charge on any atom is 0.417 e. The van der Waals surface area contributed by atoms with Crippen molar-refractivity contribution in [3.05, 3.63) is 71.0 Å². The van der Waals surface area contributed by atoms with E-state index >= 15 is 0 Å². The fourth-order valence-corrected chi connectivity index (χ4v) is 3.50. The maximum atomic E-state index is 12.7. The van der Waals surface area contributed by atoms with Crippen LogP contribution in [0, 0.1) is 6.92 Å². The summed E-state index contributed by atoms with van der Waals surface area (Å²) in [5.74, 6) is 0.299. The molecule has 1 amide bonds. The van der Waals surface area contributed by atoms with Crippen molar-refractivity contribution < 1.29 is 22.5 Å². The molecule has 0 bridgehead atoms. The quantitative estimate of drug-likeness (QED) is 0.583. The molecule has 3 aromatic rings. The van der Waals surface area contributed by atoms with Crippen LogP contribution in [0.4, 0.5) is 24.7 Å². The Labute approximate surface area is 181 Å². The highest BCUT2D eigenvalue weighted by molar-refractivity contribution is 5.89. The molecule has 1 fully saturated rings. The Kier molecular flexibility index (Phi) is 5.93. The number of hydrogen-bond acceptors (Lipinski definition) is 6. The second-order valence-corrected chi connectivity index (χ2v) is 7.54. The van der Waals surface area contributed by atoms with Gasteiger partial charge in [0.25, 0.3) is 0 Å². The average Bonchev–Trinajstić information content (AvgIpc) is 3.37. The topological polar surface area (TPSA) is 92.9 Å². The molecule has 1 atom stereocenters. The zero-order valence-electron chi connectivity index (χ0n) is 17.1. The predicted molar refractivity (Wildman–Crippen MR) is 111 cm³/mol. The molecule has 1 aliphatic carbocycles. The molecule has 2 N–H and O–H groups in total. The molecule has 1 aliphatic rings. The molecular weight excluding hydrogens is 423 g/mol. The second-order valence-electron chi connectivity index (χ2n) is 7.54. The van der Waals surface area contributed by atoms with E-state index in [2.05, 4.69) is 25.8 Å². The Hall–Kier alpha value is -3.69. The van der Waals surface area contributed by atoms with Crippen molar-refractivity contribution in [2.75, 3.05) is 5.32 Å². The molecule has 166 valence electrons. The third kappa shape index (κ3) is 5.32. The van der Waals surface area contributed by atoms with Gasteiger partial charge in [0.2, 0.25) is 0 Å². The van der Waals surface area contributed by atoms with Crippen LogP contribution in [0.2, 0.25) is 0 Å². The fourth-order valence-electron chi connectivity index (χ4n) is 3.50. The fraction of sp³-hybridized carbons (Fsp3) is 0.273. The third-order valence-electron chi connectivity index (χ3n) is 5.00. The smallest absolute Gasteiger partial charge is 0.345 e. The normalized spacial score (nSPS) is 17.5. The Balaban J connectivity index is 1.37. The van der Waals surface area contributed by atoms with Crippen molar-refractivity contribution in [1.29, 1.82) is 0 Å². The summed E-state index contributed by atoms with van der Waals surface area (Å²) < 4.78 is 42.9. The van der Waals surface area contributed by atoms with Gasteiger partial charge in [0.1, 0.15) is 5.82 Å². The predicted octanol–water partition coefficient (Wildman–Crippen LogP) is 4.90. The number of alkyl halides is 3. The van der Waals surface area contributed by atoms with E-state index < -0.39 is 11.7 Å². The van der Waals surface area contributed by atoms with Crippen LogP contribution in [0.5, 0.6) is 0 Å². The zero-order valence-corrected chi connectivity index (χ0v) is 17.1. The zero-order chi connectivity index (χ0) is 22.7. The lowest BCUT2D eigenvalue weighted by Crippen LogP contribution is -2.32. The van der Waals surface area contributed by atoms with E-state index in [0.29, 0.717) is 23.8 Å². The SMILES string of the molecule is Cc1noc(C(=O)NC2CCC(=Cc3cccc(Nc4ccc(C(F)(F)F)cn4)c3)C2)n1. The molecule has 2 heterocycles. The van der Waals surface area contributed by atoms with Crippen molar-refractivity contribution in [1.82, 2.24) is 20.4 Å². The minimum absolute atomic E-state index is 0.0152. The number of rotatable bonds is 5. The summed E-state index contributed by atoms with van der Waals surface area (Å²) in [6.45, 7) is 1.65. The first-order valence-electron chi connectivity index (χ1n) is 9.97. The van der Waals surface area contributed by atoms with E-state index in [1.54, 1.807) is 6.92 Å². The first-order chi connectivity index (χ1) is 15.3. The van der Waals surface area contributed by atoms with Crippen LogP contribution >= 0.6 is 0 Å². The molecule has 1 unspecified atom stereocenters. The number of aryl methyl sites for hydroxylation is 1. The number of pyridine rings is 1. The van der Waals surface area contributed by atoms with Crippen molar-refractivity contribution in [2.45, 2.75) is 38.4 Å². The van der Waals surface area contributed by atoms with Gasteiger partial charge >= 0.3 is 18.0 Å². The van der Waals surface area contributed by atoms with Gasteiger partial charge in [-0.05, 0) is 56.0 Å². The van der Waals surface area contributed by atoms with Crippen LogP contribution in [-0.4, -0.2) is 27.1 Å². The summed E-state index contributed by atoms with van der Waals surface area (Å²) in [5.41, 5.74) is 2.04. The average molecular weight is 443 g/mol. The minimum Gasteiger partial charge on any atom is -0.345 e. The standard InChI is InChI=1S/C22H20F3N5O2/c1-13-27-21(32-30-13)20(31)29-18-7-5-15(11-18)9-14-3-2-4-17(10-14)28-19-8-6-16(12-26-19)22(23,24)25/h2-4,6,8-10,12,18H,5,7,11H2,1H3,(H,26,28)(H,29,31). The monoisotopic (exact) mass is 443 g/mol. The van der Waals surface area contributed by atoms with Crippen molar-refractivity contribution in [3.63, 3.8) is 0 Å². The molecule has 0 spiro atoms. The molecule has 4 rings (SSSR count). The number of amides is 1. The third-order valence-corrected chi connectivity index (χ3v) is 5.00. The maximum absolute atomic E-state index is 12.7. The number of hydrogen-bond donors (Lipinski definition) is 2. The minimum atomic E-state index is -4.42. The van der Waals surface area contributed by atoms with E-state index in [1.165, 1.54) is 11.6 Å². The van der Waals surface area contributed by atoms with Crippen LogP contribution in [0.15, 0.2) is 52.7 Å². The van der Waals surface area contributed by atoms with Crippen LogP contribution in [0.1, 0.15) is 46.9 Å². The summed E-state index contributed by atoms with van der Waals surface area (Å²) in [6.07, 6.45) is 0.784. The van der Waals surface area contributed by atoms with Crippen LogP contribution in [0.25, 0.3) is 6.08 Å². The van der Waals surface area contributed by atoms with E-state index in [0.717, 1.165) is 30.7 Å². The van der Waals surface area contributed by atoms with Gasteiger partial charge in [0, 0.05) is 17.9 Å². The second kappa shape index (κ2) is 8.81. The molecule has 1 saturated carbocycles. The lowest BCUT2D eigenvalue weighted by atomic mass is 10.1. The highest BCUT2D eigenvalue weighted by Crippen LogP contribution is 2.30. The van der Waals surface area contributed by atoms with E-state index in [-0.39, 0.29) is 17.8 Å². The van der Waals surface area contributed by atoms with Crippen molar-refractivity contribution in [3.8, 4) is 0 Å². The lowest BCUT2D eigenvalue weighted by molar-refractivity contribution is -0.137. The van der Waals surface area contributed by atoms with Gasteiger partial charge in [-0.3, -0.25) is 4.79 Å². The molecule has 10 heteroatoms. The Morgan fingerprint density at radius 2 is 2.09 bits per heavy atom. The number of aromatic nitrogens is 3. The van der Waals surface area contributed by atoms with Gasteiger partial charge in [-0.1, -0.05) is 28.9 Å². The first-order valence-corrected chi connectivity index (χ1v) is 9.97. The number of nitrogens with zero attached hydrogens (tertiary/aromatic N) is 3. The summed E-state index contributed by atoms with van der Waals surface area (Å²) in [4.78, 5) is 19.9. The largest absolute Gasteiger partial charge is 0.417 e.